The maximum absolute atomic E-state index is 6.50. The topological polar surface area (TPSA) is 0 Å². The maximum atomic E-state index is 6.50. The fraction of sp³-hybridized carbons (Fsp3) is 0.538. The Hall–Kier alpha value is -0.490. The first-order valence-electron chi connectivity index (χ1n) is 5.46. The van der Waals surface area contributed by atoms with Gasteiger partial charge in [0, 0.05) is 0 Å². The van der Waals surface area contributed by atoms with Gasteiger partial charge in [-0.25, -0.2) is 0 Å². The molecule has 0 nitrogen and oxygen atoms in total. The van der Waals surface area contributed by atoms with E-state index in [-0.39, 0.29) is 5.38 Å². The molecule has 3 unspecified atom stereocenters. The molecule has 1 aromatic rings. The standard InChI is InChI=1S/C13H15Cl/c1-7-3-4-9-5-6-10-8(2)13(14)11(7)12(9)10/h3-4,8,10,13H,5-6H2,1-2H3. The number of alkyl halides is 1. The van der Waals surface area contributed by atoms with E-state index in [1.807, 2.05) is 0 Å². The van der Waals surface area contributed by atoms with Crippen LogP contribution in [0.5, 0.6) is 0 Å². The lowest BCUT2D eigenvalue weighted by molar-refractivity contribution is 0.480. The zero-order valence-electron chi connectivity index (χ0n) is 8.68. The van der Waals surface area contributed by atoms with Crippen molar-refractivity contribution in [3.8, 4) is 0 Å². The Balaban J connectivity index is 2.30. The zero-order valence-corrected chi connectivity index (χ0v) is 9.43. The summed E-state index contributed by atoms with van der Waals surface area (Å²) in [5.41, 5.74) is 6.02. The number of hydrogen-bond donors (Lipinski definition) is 0. The second-order valence-corrected chi connectivity index (χ2v) is 5.25. The van der Waals surface area contributed by atoms with Crippen LogP contribution in [0.25, 0.3) is 0 Å². The summed E-state index contributed by atoms with van der Waals surface area (Å²) in [4.78, 5) is 0. The van der Waals surface area contributed by atoms with Gasteiger partial charge in [0.25, 0.3) is 0 Å². The van der Waals surface area contributed by atoms with Crippen LogP contribution in [0.4, 0.5) is 0 Å². The van der Waals surface area contributed by atoms with E-state index in [9.17, 15) is 0 Å². The highest BCUT2D eigenvalue weighted by Crippen LogP contribution is 2.55. The van der Waals surface area contributed by atoms with Gasteiger partial charge >= 0.3 is 0 Å². The molecular weight excluding hydrogens is 192 g/mol. The molecule has 1 aromatic carbocycles. The number of halogens is 1. The van der Waals surface area contributed by atoms with Crippen LogP contribution in [-0.2, 0) is 6.42 Å². The predicted octanol–water partition coefficient (Wildman–Crippen LogP) is 3.95. The van der Waals surface area contributed by atoms with E-state index in [1.54, 1.807) is 11.1 Å². The summed E-state index contributed by atoms with van der Waals surface area (Å²) in [6, 6.07) is 4.54. The van der Waals surface area contributed by atoms with Gasteiger partial charge in [-0.2, -0.15) is 0 Å². The van der Waals surface area contributed by atoms with Gasteiger partial charge in [-0.1, -0.05) is 19.1 Å². The van der Waals surface area contributed by atoms with Gasteiger partial charge < -0.3 is 0 Å². The van der Waals surface area contributed by atoms with Crippen LogP contribution >= 0.6 is 11.6 Å². The van der Waals surface area contributed by atoms with Crippen LogP contribution in [0.2, 0.25) is 0 Å². The molecule has 3 rings (SSSR count). The quantitative estimate of drug-likeness (QED) is 0.564. The molecule has 0 heterocycles. The van der Waals surface area contributed by atoms with Crippen LogP contribution in [0.3, 0.4) is 0 Å². The first kappa shape index (κ1) is 8.79. The van der Waals surface area contributed by atoms with E-state index in [0.29, 0.717) is 5.92 Å². The Kier molecular flexibility index (Phi) is 1.73. The molecule has 1 heteroatoms. The minimum absolute atomic E-state index is 0.259. The van der Waals surface area contributed by atoms with E-state index in [4.69, 9.17) is 11.6 Å². The first-order chi connectivity index (χ1) is 6.70. The first-order valence-corrected chi connectivity index (χ1v) is 5.90. The molecule has 0 saturated heterocycles. The Labute approximate surface area is 90.3 Å². The molecule has 74 valence electrons. The van der Waals surface area contributed by atoms with Gasteiger partial charge in [0.05, 0.1) is 5.38 Å². The van der Waals surface area contributed by atoms with Gasteiger partial charge in [0.1, 0.15) is 0 Å². The summed E-state index contributed by atoms with van der Waals surface area (Å²) in [6.07, 6.45) is 2.58. The Morgan fingerprint density at radius 3 is 2.86 bits per heavy atom. The molecule has 2 aliphatic carbocycles. The highest BCUT2D eigenvalue weighted by molar-refractivity contribution is 6.21. The van der Waals surface area contributed by atoms with E-state index >= 15 is 0 Å². The van der Waals surface area contributed by atoms with Gasteiger partial charge in [-0.3, -0.25) is 0 Å². The second-order valence-electron chi connectivity index (χ2n) is 4.77. The molecule has 0 aliphatic heterocycles. The van der Waals surface area contributed by atoms with Gasteiger partial charge in [-0.05, 0) is 53.9 Å². The lowest BCUT2D eigenvalue weighted by Crippen LogP contribution is -2.02. The minimum Gasteiger partial charge on any atom is -0.117 e. The molecule has 0 N–H and O–H groups in total. The van der Waals surface area contributed by atoms with E-state index in [1.165, 1.54) is 24.0 Å². The smallest absolute Gasteiger partial charge is 0.0622 e. The van der Waals surface area contributed by atoms with Crippen molar-refractivity contribution in [1.29, 1.82) is 0 Å². The van der Waals surface area contributed by atoms with Crippen molar-refractivity contribution in [3.63, 3.8) is 0 Å². The third kappa shape index (κ3) is 0.904. The monoisotopic (exact) mass is 206 g/mol. The molecule has 0 amide bonds. The lowest BCUT2D eigenvalue weighted by atomic mass is 9.95. The van der Waals surface area contributed by atoms with Crippen molar-refractivity contribution < 1.29 is 0 Å². The fourth-order valence-corrected chi connectivity index (χ4v) is 3.73. The summed E-state index contributed by atoms with van der Waals surface area (Å²) < 4.78 is 0. The average molecular weight is 207 g/mol. The summed E-state index contributed by atoms with van der Waals surface area (Å²) in [6.45, 7) is 4.50. The lowest BCUT2D eigenvalue weighted by Gasteiger charge is -2.14. The minimum atomic E-state index is 0.259. The highest BCUT2D eigenvalue weighted by atomic mass is 35.5. The summed E-state index contributed by atoms with van der Waals surface area (Å²) >= 11 is 6.50. The van der Waals surface area contributed by atoms with Crippen molar-refractivity contribution in [1.82, 2.24) is 0 Å². The summed E-state index contributed by atoms with van der Waals surface area (Å²) in [7, 11) is 0. The zero-order chi connectivity index (χ0) is 9.87. The summed E-state index contributed by atoms with van der Waals surface area (Å²) in [5, 5.41) is 0.259. The van der Waals surface area contributed by atoms with Crippen LogP contribution < -0.4 is 0 Å². The Morgan fingerprint density at radius 2 is 2.07 bits per heavy atom. The van der Waals surface area contributed by atoms with Crippen LogP contribution in [0.1, 0.15) is 46.9 Å². The number of benzene rings is 1. The second kappa shape index (κ2) is 2.76. The third-order valence-corrected chi connectivity index (χ3v) is 4.68. The molecule has 0 bridgehead atoms. The van der Waals surface area contributed by atoms with E-state index in [2.05, 4.69) is 26.0 Å². The number of rotatable bonds is 0. The van der Waals surface area contributed by atoms with Crippen molar-refractivity contribution in [2.45, 2.75) is 38.0 Å². The van der Waals surface area contributed by atoms with Crippen LogP contribution in [0.15, 0.2) is 12.1 Å². The average Bonchev–Trinajstić information content (AvgIpc) is 2.68. The maximum Gasteiger partial charge on any atom is 0.0622 e. The molecule has 0 aromatic heterocycles. The molecule has 0 radical (unpaired) electrons. The Morgan fingerprint density at radius 1 is 1.29 bits per heavy atom. The van der Waals surface area contributed by atoms with Crippen molar-refractivity contribution in [2.75, 3.05) is 0 Å². The van der Waals surface area contributed by atoms with E-state index < -0.39 is 0 Å². The molecular formula is C13H15Cl. The summed E-state index contributed by atoms with van der Waals surface area (Å²) in [5.74, 6) is 1.39. The molecule has 0 saturated carbocycles. The number of hydrogen-bond acceptors (Lipinski definition) is 0. The SMILES string of the molecule is Cc1ccc2c3c1C(Cl)C(C)C3CC2. The molecule has 0 spiro atoms. The largest absolute Gasteiger partial charge is 0.117 e. The van der Waals surface area contributed by atoms with Gasteiger partial charge in [0.15, 0.2) is 0 Å². The number of aryl methyl sites for hydroxylation is 2. The molecule has 2 aliphatic rings. The van der Waals surface area contributed by atoms with Crippen LogP contribution in [-0.4, -0.2) is 0 Å². The third-order valence-electron chi connectivity index (χ3n) is 4.06. The molecule has 0 fully saturated rings. The van der Waals surface area contributed by atoms with Gasteiger partial charge in [0.2, 0.25) is 0 Å². The van der Waals surface area contributed by atoms with Crippen molar-refractivity contribution >= 4 is 11.6 Å². The van der Waals surface area contributed by atoms with Crippen LogP contribution in [0, 0.1) is 12.8 Å². The highest BCUT2D eigenvalue weighted by Gasteiger charge is 2.41. The van der Waals surface area contributed by atoms with Crippen molar-refractivity contribution in [3.05, 3.63) is 34.4 Å². The Bertz CT molecular complexity index is 394. The van der Waals surface area contributed by atoms with E-state index in [0.717, 1.165) is 5.92 Å². The van der Waals surface area contributed by atoms with Crippen molar-refractivity contribution in [2.24, 2.45) is 5.92 Å². The predicted molar refractivity (Wildman–Crippen MR) is 60.0 cm³/mol. The molecule has 3 atom stereocenters. The van der Waals surface area contributed by atoms with Gasteiger partial charge in [-0.15, -0.1) is 11.6 Å². The normalized spacial score (nSPS) is 33.5. The fourth-order valence-electron chi connectivity index (χ4n) is 3.26. The molecule has 14 heavy (non-hydrogen) atoms.